The SMILES string of the molecule is C[C@@H](CO)NS(=O)(=O)c1cccc(C(=O)O)c1. The van der Waals surface area contributed by atoms with Crippen LogP contribution in [0.5, 0.6) is 0 Å². The molecule has 1 atom stereocenters. The Bertz CT molecular complexity index is 511. The van der Waals surface area contributed by atoms with Gasteiger partial charge in [0.1, 0.15) is 0 Å². The fourth-order valence-electron chi connectivity index (χ4n) is 1.17. The van der Waals surface area contributed by atoms with Gasteiger partial charge in [0.15, 0.2) is 0 Å². The van der Waals surface area contributed by atoms with Crippen LogP contribution in [0.1, 0.15) is 17.3 Å². The minimum atomic E-state index is -3.80. The maximum atomic E-state index is 11.8. The number of carbonyl (C=O) groups is 1. The summed E-state index contributed by atoms with van der Waals surface area (Å²) in [6, 6.07) is 4.38. The molecule has 0 fully saturated rings. The zero-order valence-corrected chi connectivity index (χ0v) is 9.94. The quantitative estimate of drug-likeness (QED) is 0.693. The molecule has 0 radical (unpaired) electrons. The van der Waals surface area contributed by atoms with Gasteiger partial charge in [-0.1, -0.05) is 6.07 Å². The van der Waals surface area contributed by atoms with Crippen molar-refractivity contribution in [1.29, 1.82) is 0 Å². The summed E-state index contributed by atoms with van der Waals surface area (Å²) in [5, 5.41) is 17.5. The number of benzene rings is 1. The van der Waals surface area contributed by atoms with Crippen molar-refractivity contribution in [1.82, 2.24) is 4.72 Å². The number of hydrogen-bond acceptors (Lipinski definition) is 4. The van der Waals surface area contributed by atoms with Crippen molar-refractivity contribution in [3.63, 3.8) is 0 Å². The third-order valence-electron chi connectivity index (χ3n) is 2.02. The first-order chi connectivity index (χ1) is 7.86. The summed E-state index contributed by atoms with van der Waals surface area (Å²) in [7, 11) is -3.80. The van der Waals surface area contributed by atoms with Crippen LogP contribution in [0.3, 0.4) is 0 Å². The van der Waals surface area contributed by atoms with Crippen LogP contribution in [-0.4, -0.2) is 37.2 Å². The van der Waals surface area contributed by atoms with Crippen molar-refractivity contribution in [3.05, 3.63) is 29.8 Å². The Kier molecular flexibility index (Phi) is 4.22. The Morgan fingerprint density at radius 1 is 1.47 bits per heavy atom. The van der Waals surface area contributed by atoms with E-state index in [1.54, 1.807) is 0 Å². The van der Waals surface area contributed by atoms with E-state index >= 15 is 0 Å². The number of sulfonamides is 1. The molecule has 1 aromatic carbocycles. The molecule has 0 spiro atoms. The first-order valence-corrected chi connectivity index (χ1v) is 6.31. The van der Waals surface area contributed by atoms with Gasteiger partial charge in [-0.3, -0.25) is 0 Å². The Labute approximate surface area is 99.0 Å². The van der Waals surface area contributed by atoms with Gasteiger partial charge in [0.2, 0.25) is 10.0 Å². The van der Waals surface area contributed by atoms with Gasteiger partial charge in [0, 0.05) is 6.04 Å². The third-order valence-corrected chi connectivity index (χ3v) is 3.61. The molecule has 0 unspecified atom stereocenters. The summed E-state index contributed by atoms with van der Waals surface area (Å²) in [5.41, 5.74) is -0.107. The number of carboxylic acid groups (broad SMARTS) is 1. The fourth-order valence-corrected chi connectivity index (χ4v) is 2.45. The topological polar surface area (TPSA) is 104 Å². The summed E-state index contributed by atoms with van der Waals surface area (Å²) >= 11 is 0. The minimum absolute atomic E-state index is 0.107. The average molecular weight is 259 g/mol. The van der Waals surface area contributed by atoms with Crippen molar-refractivity contribution in [2.24, 2.45) is 0 Å². The normalized spacial score (nSPS) is 13.3. The number of carboxylic acids is 1. The predicted molar refractivity (Wildman–Crippen MR) is 60.3 cm³/mol. The summed E-state index contributed by atoms with van der Waals surface area (Å²) in [6.07, 6.45) is 0. The van der Waals surface area contributed by atoms with E-state index in [0.717, 1.165) is 6.07 Å². The van der Waals surface area contributed by atoms with E-state index in [9.17, 15) is 13.2 Å². The highest BCUT2D eigenvalue weighted by Crippen LogP contribution is 2.11. The maximum absolute atomic E-state index is 11.8. The van der Waals surface area contributed by atoms with Gasteiger partial charge in [-0.2, -0.15) is 0 Å². The zero-order valence-electron chi connectivity index (χ0n) is 9.12. The molecule has 0 aromatic heterocycles. The van der Waals surface area contributed by atoms with Gasteiger partial charge in [-0.05, 0) is 25.1 Å². The number of aromatic carboxylic acids is 1. The van der Waals surface area contributed by atoms with Crippen LogP contribution in [0.4, 0.5) is 0 Å². The van der Waals surface area contributed by atoms with Crippen LogP contribution >= 0.6 is 0 Å². The summed E-state index contributed by atoms with van der Waals surface area (Å²) in [6.45, 7) is 1.16. The van der Waals surface area contributed by atoms with Crippen molar-refractivity contribution in [3.8, 4) is 0 Å². The minimum Gasteiger partial charge on any atom is -0.478 e. The van der Waals surface area contributed by atoms with Gasteiger partial charge in [0.25, 0.3) is 0 Å². The van der Waals surface area contributed by atoms with Crippen LogP contribution in [-0.2, 0) is 10.0 Å². The Hall–Kier alpha value is -1.44. The fraction of sp³-hybridized carbons (Fsp3) is 0.300. The monoisotopic (exact) mass is 259 g/mol. The van der Waals surface area contributed by atoms with Crippen molar-refractivity contribution >= 4 is 16.0 Å². The molecule has 3 N–H and O–H groups in total. The molecule has 0 bridgehead atoms. The van der Waals surface area contributed by atoms with Crippen LogP contribution < -0.4 is 4.72 Å². The molecule has 6 nitrogen and oxygen atoms in total. The molecule has 17 heavy (non-hydrogen) atoms. The summed E-state index contributed by atoms with van der Waals surface area (Å²) in [5.74, 6) is -1.20. The van der Waals surface area contributed by atoms with Crippen LogP contribution in [0.25, 0.3) is 0 Å². The average Bonchev–Trinajstić information content (AvgIpc) is 2.28. The van der Waals surface area contributed by atoms with Crippen molar-refractivity contribution in [2.75, 3.05) is 6.61 Å². The Balaban J connectivity index is 3.07. The molecule has 0 saturated heterocycles. The van der Waals surface area contributed by atoms with E-state index in [4.69, 9.17) is 10.2 Å². The number of nitrogens with one attached hydrogen (secondary N) is 1. The van der Waals surface area contributed by atoms with E-state index in [-0.39, 0.29) is 17.1 Å². The lowest BCUT2D eigenvalue weighted by Gasteiger charge is -2.11. The lowest BCUT2D eigenvalue weighted by molar-refractivity contribution is 0.0696. The molecule has 0 aliphatic heterocycles. The lowest BCUT2D eigenvalue weighted by Crippen LogP contribution is -2.35. The summed E-state index contributed by atoms with van der Waals surface area (Å²) < 4.78 is 25.7. The van der Waals surface area contributed by atoms with Gasteiger partial charge < -0.3 is 10.2 Å². The molecule has 7 heteroatoms. The van der Waals surface area contributed by atoms with E-state index < -0.39 is 22.0 Å². The third kappa shape index (κ3) is 3.52. The van der Waals surface area contributed by atoms with Gasteiger partial charge >= 0.3 is 5.97 Å². The van der Waals surface area contributed by atoms with Crippen molar-refractivity contribution < 1.29 is 23.4 Å². The highest BCUT2D eigenvalue weighted by Gasteiger charge is 2.18. The zero-order chi connectivity index (χ0) is 13.1. The van der Waals surface area contributed by atoms with E-state index in [1.807, 2.05) is 0 Å². The molecule has 1 aromatic rings. The van der Waals surface area contributed by atoms with Crippen LogP contribution in [0, 0.1) is 0 Å². The number of aliphatic hydroxyl groups excluding tert-OH is 1. The molecule has 0 heterocycles. The van der Waals surface area contributed by atoms with E-state index in [2.05, 4.69) is 4.72 Å². The highest BCUT2D eigenvalue weighted by molar-refractivity contribution is 7.89. The standard InChI is InChI=1S/C10H13NO5S/c1-7(6-12)11-17(15,16)9-4-2-3-8(5-9)10(13)14/h2-5,7,11-12H,6H2,1H3,(H,13,14)/t7-/m0/s1. The molecule has 1 rings (SSSR count). The molecule has 0 amide bonds. The highest BCUT2D eigenvalue weighted by atomic mass is 32.2. The van der Waals surface area contributed by atoms with Gasteiger partial charge in [-0.25, -0.2) is 17.9 Å². The molecular formula is C10H13NO5S. The molecule has 0 saturated carbocycles. The van der Waals surface area contributed by atoms with Crippen molar-refractivity contribution in [2.45, 2.75) is 17.9 Å². The Morgan fingerprint density at radius 2 is 2.12 bits per heavy atom. The number of hydrogen-bond donors (Lipinski definition) is 3. The lowest BCUT2D eigenvalue weighted by atomic mass is 10.2. The van der Waals surface area contributed by atoms with Crippen LogP contribution in [0.2, 0.25) is 0 Å². The second-order valence-corrected chi connectivity index (χ2v) is 5.25. The van der Waals surface area contributed by atoms with E-state index in [0.29, 0.717) is 0 Å². The molecule has 0 aliphatic rings. The molecular weight excluding hydrogens is 246 g/mol. The van der Waals surface area contributed by atoms with Crippen LogP contribution in [0.15, 0.2) is 29.2 Å². The largest absolute Gasteiger partial charge is 0.478 e. The maximum Gasteiger partial charge on any atom is 0.335 e. The summed E-state index contributed by atoms with van der Waals surface area (Å²) in [4.78, 5) is 10.6. The molecule has 0 aliphatic carbocycles. The Morgan fingerprint density at radius 3 is 2.65 bits per heavy atom. The smallest absolute Gasteiger partial charge is 0.335 e. The van der Waals surface area contributed by atoms with E-state index in [1.165, 1.54) is 25.1 Å². The van der Waals surface area contributed by atoms with Gasteiger partial charge in [-0.15, -0.1) is 0 Å². The first kappa shape index (κ1) is 13.6. The molecule has 94 valence electrons. The number of aliphatic hydroxyl groups is 1. The predicted octanol–water partition coefficient (Wildman–Crippen LogP) is 0.0439. The second-order valence-electron chi connectivity index (χ2n) is 3.54. The number of rotatable bonds is 5. The van der Waals surface area contributed by atoms with Gasteiger partial charge in [0.05, 0.1) is 17.1 Å². The first-order valence-electron chi connectivity index (χ1n) is 4.83. The second kappa shape index (κ2) is 5.26.